The summed E-state index contributed by atoms with van der Waals surface area (Å²) in [5, 5.41) is 3.37. The van der Waals surface area contributed by atoms with Gasteiger partial charge in [0.05, 0.1) is 0 Å². The molecule has 100 valence electrons. The summed E-state index contributed by atoms with van der Waals surface area (Å²) in [6.45, 7) is 10.8. The lowest BCUT2D eigenvalue weighted by Crippen LogP contribution is -2.43. The molecule has 0 unspecified atom stereocenters. The second-order valence-corrected chi connectivity index (χ2v) is 10.9. The van der Waals surface area contributed by atoms with Gasteiger partial charge in [-0.15, -0.1) is 0 Å². The van der Waals surface area contributed by atoms with Crippen LogP contribution in [0.5, 0.6) is 5.75 Å². The second-order valence-electron chi connectivity index (χ2n) is 5.60. The van der Waals surface area contributed by atoms with E-state index < -0.39 is 8.32 Å². The van der Waals surface area contributed by atoms with Crippen molar-refractivity contribution in [2.24, 2.45) is 0 Å². The summed E-state index contributed by atoms with van der Waals surface area (Å²) in [5.41, 5.74) is 1.25. The Morgan fingerprint density at radius 3 is 2.44 bits per heavy atom. The molecule has 18 heavy (non-hydrogen) atoms. The molecule has 3 nitrogen and oxygen atoms in total. The molecule has 0 bridgehead atoms. The van der Waals surface area contributed by atoms with Crippen LogP contribution in [-0.4, -0.2) is 34.5 Å². The van der Waals surface area contributed by atoms with Crippen molar-refractivity contribution in [3.05, 3.63) is 22.7 Å². The van der Waals surface area contributed by atoms with Crippen LogP contribution in [0.3, 0.4) is 0 Å². The summed E-state index contributed by atoms with van der Waals surface area (Å²) in [7, 11) is -1.55. The maximum Gasteiger partial charge on any atom is 0.242 e. The molecule has 1 aliphatic heterocycles. The van der Waals surface area contributed by atoms with Gasteiger partial charge in [-0.05, 0) is 31.8 Å². The molecule has 0 radical (unpaired) electrons. The summed E-state index contributed by atoms with van der Waals surface area (Å²) in [4.78, 5) is 2.40. The van der Waals surface area contributed by atoms with E-state index in [4.69, 9.17) is 4.43 Å². The van der Waals surface area contributed by atoms with Crippen molar-refractivity contribution in [2.75, 3.05) is 31.1 Å². The van der Waals surface area contributed by atoms with Crippen molar-refractivity contribution >= 4 is 29.9 Å². The van der Waals surface area contributed by atoms with Crippen LogP contribution in [0.4, 0.5) is 5.69 Å². The first-order valence-electron chi connectivity index (χ1n) is 6.39. The predicted octanol–water partition coefficient (Wildman–Crippen LogP) is 3.07. The Bertz CT molecular complexity index is 414. The van der Waals surface area contributed by atoms with Crippen molar-refractivity contribution in [2.45, 2.75) is 19.6 Å². The predicted molar refractivity (Wildman–Crippen MR) is 83.2 cm³/mol. The molecule has 1 aliphatic rings. The molecule has 1 aromatic rings. The molecule has 0 saturated carbocycles. The number of hydrogen-bond donors (Lipinski definition) is 1. The Morgan fingerprint density at radius 1 is 1.17 bits per heavy atom. The minimum Gasteiger partial charge on any atom is -0.544 e. The van der Waals surface area contributed by atoms with Crippen molar-refractivity contribution < 1.29 is 4.43 Å². The van der Waals surface area contributed by atoms with Gasteiger partial charge in [0.2, 0.25) is 8.32 Å². The van der Waals surface area contributed by atoms with Gasteiger partial charge < -0.3 is 14.6 Å². The number of benzene rings is 1. The smallest absolute Gasteiger partial charge is 0.242 e. The van der Waals surface area contributed by atoms with Gasteiger partial charge in [0.15, 0.2) is 0 Å². The maximum atomic E-state index is 6.08. The van der Waals surface area contributed by atoms with E-state index in [-0.39, 0.29) is 0 Å². The number of anilines is 1. The average molecular weight is 329 g/mol. The van der Waals surface area contributed by atoms with Gasteiger partial charge in [0, 0.05) is 42.4 Å². The Balaban J connectivity index is 2.20. The minimum atomic E-state index is -1.55. The van der Waals surface area contributed by atoms with Crippen LogP contribution in [0.2, 0.25) is 19.6 Å². The van der Waals surface area contributed by atoms with Gasteiger partial charge in [-0.1, -0.05) is 15.9 Å². The molecular weight excluding hydrogens is 308 g/mol. The molecule has 0 amide bonds. The van der Waals surface area contributed by atoms with Gasteiger partial charge >= 0.3 is 0 Å². The zero-order chi connectivity index (χ0) is 13.2. The van der Waals surface area contributed by atoms with E-state index in [9.17, 15) is 0 Å². The van der Waals surface area contributed by atoms with Crippen LogP contribution in [0.25, 0.3) is 0 Å². The third-order valence-corrected chi connectivity index (χ3v) is 4.07. The van der Waals surface area contributed by atoms with E-state index in [1.54, 1.807) is 0 Å². The third-order valence-electron chi connectivity index (χ3n) is 2.76. The minimum absolute atomic E-state index is 0.983. The number of hydrogen-bond acceptors (Lipinski definition) is 3. The van der Waals surface area contributed by atoms with Gasteiger partial charge in [-0.25, -0.2) is 0 Å². The summed E-state index contributed by atoms with van der Waals surface area (Å²) in [5.74, 6) is 0.983. The van der Waals surface area contributed by atoms with Crippen LogP contribution < -0.4 is 14.6 Å². The standard InChI is InChI=1S/C13H21BrN2OSi/c1-18(2,3)17-13-9-11(14)8-12(10-13)16-6-4-15-5-7-16/h8-10,15H,4-7H2,1-3H3. The van der Waals surface area contributed by atoms with E-state index in [1.165, 1.54) is 5.69 Å². The van der Waals surface area contributed by atoms with Crippen LogP contribution in [-0.2, 0) is 0 Å². The summed E-state index contributed by atoms with van der Waals surface area (Å²) >= 11 is 3.58. The lowest BCUT2D eigenvalue weighted by molar-refractivity contribution is 0.554. The third kappa shape index (κ3) is 4.00. The topological polar surface area (TPSA) is 24.5 Å². The molecule has 1 N–H and O–H groups in total. The first-order valence-corrected chi connectivity index (χ1v) is 10.6. The Labute approximate surface area is 119 Å². The van der Waals surface area contributed by atoms with Crippen LogP contribution >= 0.6 is 15.9 Å². The Morgan fingerprint density at radius 2 is 1.83 bits per heavy atom. The quantitative estimate of drug-likeness (QED) is 0.863. The largest absolute Gasteiger partial charge is 0.544 e. The molecule has 0 atom stereocenters. The van der Waals surface area contributed by atoms with E-state index in [1.807, 2.05) is 0 Å². The summed E-state index contributed by atoms with van der Waals surface area (Å²) in [6.07, 6.45) is 0. The number of nitrogens with zero attached hydrogens (tertiary/aromatic N) is 1. The molecule has 1 fully saturated rings. The highest BCUT2D eigenvalue weighted by Gasteiger charge is 2.18. The van der Waals surface area contributed by atoms with Crippen LogP contribution in [0.15, 0.2) is 22.7 Å². The number of rotatable bonds is 3. The SMILES string of the molecule is C[Si](C)(C)Oc1cc(Br)cc(N2CCNCC2)c1. The normalized spacial score (nSPS) is 16.8. The van der Waals surface area contributed by atoms with E-state index in [0.29, 0.717) is 0 Å². The van der Waals surface area contributed by atoms with Crippen molar-refractivity contribution in [1.29, 1.82) is 0 Å². The number of piperazine rings is 1. The molecule has 1 saturated heterocycles. The van der Waals surface area contributed by atoms with E-state index in [0.717, 1.165) is 36.4 Å². The molecule has 0 aromatic heterocycles. The van der Waals surface area contributed by atoms with Crippen LogP contribution in [0, 0.1) is 0 Å². The molecule has 1 heterocycles. The highest BCUT2D eigenvalue weighted by molar-refractivity contribution is 9.10. The zero-order valence-electron chi connectivity index (χ0n) is 11.3. The molecule has 0 spiro atoms. The first-order chi connectivity index (χ1) is 8.44. The highest BCUT2D eigenvalue weighted by Crippen LogP contribution is 2.29. The van der Waals surface area contributed by atoms with Crippen molar-refractivity contribution in [1.82, 2.24) is 5.32 Å². The molecular formula is C13H21BrN2OSi. The van der Waals surface area contributed by atoms with Gasteiger partial charge in [-0.3, -0.25) is 0 Å². The second kappa shape index (κ2) is 5.63. The fraction of sp³-hybridized carbons (Fsp3) is 0.538. The fourth-order valence-corrected chi connectivity index (χ4v) is 3.35. The first kappa shape index (κ1) is 13.9. The summed E-state index contributed by atoms with van der Waals surface area (Å²) < 4.78 is 7.17. The molecule has 5 heteroatoms. The van der Waals surface area contributed by atoms with Gasteiger partial charge in [0.1, 0.15) is 5.75 Å². The Hall–Kier alpha value is -0.523. The molecule has 0 aliphatic carbocycles. The van der Waals surface area contributed by atoms with Crippen molar-refractivity contribution in [3.63, 3.8) is 0 Å². The lowest BCUT2D eigenvalue weighted by atomic mass is 10.2. The van der Waals surface area contributed by atoms with Crippen molar-refractivity contribution in [3.8, 4) is 5.75 Å². The van der Waals surface area contributed by atoms with E-state index in [2.05, 4.69) is 64.0 Å². The van der Waals surface area contributed by atoms with Crippen LogP contribution in [0.1, 0.15) is 0 Å². The average Bonchev–Trinajstić information content (AvgIpc) is 2.27. The monoisotopic (exact) mass is 328 g/mol. The lowest BCUT2D eigenvalue weighted by Gasteiger charge is -2.30. The summed E-state index contributed by atoms with van der Waals surface area (Å²) in [6, 6.07) is 6.39. The van der Waals surface area contributed by atoms with E-state index >= 15 is 0 Å². The highest BCUT2D eigenvalue weighted by atomic mass is 79.9. The van der Waals surface area contributed by atoms with Gasteiger partial charge in [0.25, 0.3) is 0 Å². The maximum absolute atomic E-state index is 6.08. The zero-order valence-corrected chi connectivity index (χ0v) is 13.9. The molecule has 1 aromatic carbocycles. The number of halogens is 1. The van der Waals surface area contributed by atoms with Gasteiger partial charge in [-0.2, -0.15) is 0 Å². The number of nitrogens with one attached hydrogen (secondary N) is 1. The fourth-order valence-electron chi connectivity index (χ4n) is 2.07. The molecule has 2 rings (SSSR count). The Kier molecular flexibility index (Phi) is 4.35.